The number of rotatable bonds is 4. The van der Waals surface area contributed by atoms with Crippen molar-refractivity contribution < 1.29 is 0 Å². The summed E-state index contributed by atoms with van der Waals surface area (Å²) >= 11 is 0. The normalized spacial score (nSPS) is 12.1. The topological polar surface area (TPSA) is 35.6 Å². The summed E-state index contributed by atoms with van der Waals surface area (Å²) in [5.74, 6) is 0.704. The summed E-state index contributed by atoms with van der Waals surface area (Å²) in [6.45, 7) is 0. The molecule has 0 aliphatic carbocycles. The Morgan fingerprint density at radius 3 is 1.40 bits per heavy atom. The number of para-hydroxylation sites is 3. The number of fused-ring (bicyclic) bond motifs is 10. The summed E-state index contributed by atoms with van der Waals surface area (Å²) in [4.78, 5) is 10.4. The monoisotopic (exact) mass is 736 g/mol. The Morgan fingerprint density at radius 2 is 0.793 bits per heavy atom. The standard InChI is InChI=1S/C54H32N4/c1-4-16-33(17-5-1)53-48(32-55-54(56-53)34-18-6-2-7-19-34)58-45-29-13-11-23-39(45)52-41-27-15-25-37-36-24-14-26-40-49(36)42(43(50(37)41)31-47(52)58)30-46-51(40)38-22-10-12-28-44(38)57(46)35-20-8-3-9-21-35/h1-32H. The van der Waals surface area contributed by atoms with Gasteiger partial charge in [-0.05, 0) is 79.5 Å². The summed E-state index contributed by atoms with van der Waals surface area (Å²) in [6.07, 6.45) is 2.02. The third-order valence-corrected chi connectivity index (χ3v) is 12.3. The first-order valence-electron chi connectivity index (χ1n) is 19.8. The molecule has 0 fully saturated rings. The number of nitrogens with zero attached hydrogens (tertiary/aromatic N) is 4. The zero-order valence-corrected chi connectivity index (χ0v) is 31.3. The Balaban J connectivity index is 1.23. The van der Waals surface area contributed by atoms with Crippen LogP contribution in [0.15, 0.2) is 194 Å². The molecule has 0 aliphatic rings. The molecule has 268 valence electrons. The molecule has 3 heterocycles. The fourth-order valence-electron chi connectivity index (χ4n) is 9.94. The SMILES string of the molecule is c1ccc(-c2ncc(-n3c4ccccc4c4c5cccc6c7cccc8c7c(cc7c8c8ccccc8n7-c7ccccc7)c(cc43)c65)c(-c3ccccc3)n2)cc1. The van der Waals surface area contributed by atoms with Crippen molar-refractivity contribution in [2.75, 3.05) is 0 Å². The number of benzene rings is 10. The van der Waals surface area contributed by atoms with Gasteiger partial charge in [0.15, 0.2) is 5.82 Å². The molecule has 0 spiro atoms. The first-order chi connectivity index (χ1) is 28.8. The van der Waals surface area contributed by atoms with Crippen LogP contribution in [0, 0.1) is 0 Å². The van der Waals surface area contributed by atoms with Crippen LogP contribution in [-0.2, 0) is 0 Å². The van der Waals surface area contributed by atoms with Gasteiger partial charge in [0.2, 0.25) is 0 Å². The van der Waals surface area contributed by atoms with Gasteiger partial charge >= 0.3 is 0 Å². The highest BCUT2D eigenvalue weighted by Crippen LogP contribution is 2.49. The van der Waals surface area contributed by atoms with Gasteiger partial charge in [-0.25, -0.2) is 9.97 Å². The van der Waals surface area contributed by atoms with Crippen molar-refractivity contribution in [2.45, 2.75) is 0 Å². The molecule has 10 aromatic carbocycles. The molecule has 0 radical (unpaired) electrons. The smallest absolute Gasteiger partial charge is 0.159 e. The maximum Gasteiger partial charge on any atom is 0.159 e. The molecular weight excluding hydrogens is 705 g/mol. The Hall–Kier alpha value is -7.82. The van der Waals surface area contributed by atoms with E-state index in [-0.39, 0.29) is 0 Å². The highest BCUT2D eigenvalue weighted by molar-refractivity contribution is 6.41. The van der Waals surface area contributed by atoms with E-state index in [4.69, 9.17) is 9.97 Å². The van der Waals surface area contributed by atoms with Crippen molar-refractivity contribution in [3.8, 4) is 34.0 Å². The van der Waals surface area contributed by atoms with Gasteiger partial charge in [0, 0.05) is 38.4 Å². The predicted molar refractivity (Wildman–Crippen MR) is 243 cm³/mol. The van der Waals surface area contributed by atoms with Crippen molar-refractivity contribution in [2.24, 2.45) is 0 Å². The quantitative estimate of drug-likeness (QED) is 0.133. The van der Waals surface area contributed by atoms with E-state index in [0.29, 0.717) is 5.82 Å². The fraction of sp³-hybridized carbons (Fsp3) is 0. The lowest BCUT2D eigenvalue weighted by Gasteiger charge is -2.18. The van der Waals surface area contributed by atoms with E-state index in [9.17, 15) is 0 Å². The van der Waals surface area contributed by atoms with E-state index in [1.165, 1.54) is 75.7 Å². The molecule has 0 saturated heterocycles. The molecule has 4 nitrogen and oxygen atoms in total. The lowest BCUT2D eigenvalue weighted by Crippen LogP contribution is -2.02. The highest BCUT2D eigenvalue weighted by Gasteiger charge is 2.24. The summed E-state index contributed by atoms with van der Waals surface area (Å²) in [6, 6.07) is 67.9. The third kappa shape index (κ3) is 4.23. The molecule has 0 bridgehead atoms. The van der Waals surface area contributed by atoms with Crippen molar-refractivity contribution in [1.82, 2.24) is 19.1 Å². The number of aromatic nitrogens is 4. The number of hydrogen-bond acceptors (Lipinski definition) is 2. The largest absolute Gasteiger partial charge is 0.309 e. The Morgan fingerprint density at radius 1 is 0.328 bits per heavy atom. The minimum atomic E-state index is 0.704. The van der Waals surface area contributed by atoms with E-state index in [2.05, 4.69) is 179 Å². The van der Waals surface area contributed by atoms with Crippen molar-refractivity contribution >= 4 is 86.7 Å². The van der Waals surface area contributed by atoms with Gasteiger partial charge in [0.05, 0.1) is 39.6 Å². The minimum Gasteiger partial charge on any atom is -0.309 e. The second kappa shape index (κ2) is 11.8. The van der Waals surface area contributed by atoms with Crippen LogP contribution in [-0.4, -0.2) is 19.1 Å². The maximum atomic E-state index is 5.33. The van der Waals surface area contributed by atoms with Crippen LogP contribution in [0.4, 0.5) is 0 Å². The zero-order chi connectivity index (χ0) is 37.9. The van der Waals surface area contributed by atoms with Crippen molar-refractivity contribution in [3.63, 3.8) is 0 Å². The summed E-state index contributed by atoms with van der Waals surface area (Å²) in [5.41, 5.74) is 9.68. The Bertz CT molecular complexity index is 3770. The first-order valence-corrected chi connectivity index (χ1v) is 19.8. The van der Waals surface area contributed by atoms with Gasteiger partial charge in [0.25, 0.3) is 0 Å². The predicted octanol–water partition coefficient (Wildman–Crippen LogP) is 14.1. The fourth-order valence-corrected chi connectivity index (χ4v) is 9.94. The van der Waals surface area contributed by atoms with Gasteiger partial charge in [-0.2, -0.15) is 0 Å². The molecule has 0 atom stereocenters. The van der Waals surface area contributed by atoms with E-state index >= 15 is 0 Å². The average Bonchev–Trinajstić information content (AvgIpc) is 3.81. The number of hydrogen-bond donors (Lipinski definition) is 0. The molecule has 0 amide bonds. The van der Waals surface area contributed by atoms with E-state index < -0.39 is 0 Å². The summed E-state index contributed by atoms with van der Waals surface area (Å²) < 4.78 is 4.85. The third-order valence-electron chi connectivity index (χ3n) is 12.3. The van der Waals surface area contributed by atoms with Crippen LogP contribution in [0.1, 0.15) is 0 Å². The lowest BCUT2D eigenvalue weighted by atomic mass is 9.87. The highest BCUT2D eigenvalue weighted by atomic mass is 15.0. The summed E-state index contributed by atoms with van der Waals surface area (Å²) in [5, 5.41) is 15.1. The lowest BCUT2D eigenvalue weighted by molar-refractivity contribution is 1.09. The second-order valence-corrected chi connectivity index (χ2v) is 15.3. The molecular formula is C54H32N4. The summed E-state index contributed by atoms with van der Waals surface area (Å²) in [7, 11) is 0. The van der Waals surface area contributed by atoms with E-state index in [1.54, 1.807) is 0 Å². The average molecular weight is 737 g/mol. The molecule has 58 heavy (non-hydrogen) atoms. The zero-order valence-electron chi connectivity index (χ0n) is 31.3. The van der Waals surface area contributed by atoms with Crippen LogP contribution in [0.25, 0.3) is 121 Å². The van der Waals surface area contributed by atoms with Crippen molar-refractivity contribution in [3.05, 3.63) is 194 Å². The van der Waals surface area contributed by atoms with E-state index in [1.807, 2.05) is 24.4 Å². The Kier molecular flexibility index (Phi) is 6.41. The van der Waals surface area contributed by atoms with Crippen LogP contribution in [0.3, 0.4) is 0 Å². The molecule has 0 unspecified atom stereocenters. The molecule has 4 heteroatoms. The van der Waals surface area contributed by atoms with Gasteiger partial charge in [-0.1, -0.05) is 152 Å². The molecule has 0 N–H and O–H groups in total. The molecule has 3 aromatic heterocycles. The molecule has 13 rings (SSSR count). The minimum absolute atomic E-state index is 0.704. The molecule has 13 aromatic rings. The van der Waals surface area contributed by atoms with Crippen LogP contribution < -0.4 is 0 Å². The first kappa shape index (κ1) is 31.4. The van der Waals surface area contributed by atoms with E-state index in [0.717, 1.165) is 39.2 Å². The van der Waals surface area contributed by atoms with Crippen LogP contribution >= 0.6 is 0 Å². The van der Waals surface area contributed by atoms with Crippen LogP contribution in [0.5, 0.6) is 0 Å². The van der Waals surface area contributed by atoms with Crippen molar-refractivity contribution in [1.29, 1.82) is 0 Å². The van der Waals surface area contributed by atoms with Gasteiger partial charge in [0.1, 0.15) is 0 Å². The van der Waals surface area contributed by atoms with Gasteiger partial charge in [-0.15, -0.1) is 0 Å². The van der Waals surface area contributed by atoms with Crippen LogP contribution in [0.2, 0.25) is 0 Å². The molecule has 0 aliphatic heterocycles. The maximum absolute atomic E-state index is 5.33. The van der Waals surface area contributed by atoms with Gasteiger partial charge < -0.3 is 9.13 Å². The second-order valence-electron chi connectivity index (χ2n) is 15.3. The Labute approximate surface area is 332 Å². The van der Waals surface area contributed by atoms with Gasteiger partial charge in [-0.3, -0.25) is 0 Å². The molecule has 0 saturated carbocycles.